The van der Waals surface area contributed by atoms with Gasteiger partial charge in [0.1, 0.15) is 16.2 Å². The number of para-hydroxylation sites is 1. The van der Waals surface area contributed by atoms with Crippen LogP contribution >= 0.6 is 11.3 Å². The molecule has 1 N–H and O–H groups in total. The highest BCUT2D eigenvalue weighted by Gasteiger charge is 2.23. The molecule has 1 amide bonds. The fraction of sp³-hybridized carbons (Fsp3) is 0.423. The molecule has 0 radical (unpaired) electrons. The number of morpholine rings is 1. The molecule has 182 valence electrons. The van der Waals surface area contributed by atoms with Gasteiger partial charge in [-0.15, -0.1) is 11.3 Å². The van der Waals surface area contributed by atoms with Crippen LogP contribution in [0, 0.1) is 0 Å². The van der Waals surface area contributed by atoms with Crippen molar-refractivity contribution >= 4 is 49.1 Å². The number of nitrogens with one attached hydrogen (secondary N) is 1. The normalized spacial score (nSPS) is 17.1. The Labute approximate surface area is 207 Å². The number of aromatic nitrogens is 2. The SMILES string of the molecule is O=C(NCCCN1CCCC1)c1c(=O)c2ccc(N3CCOCC3)nc2n2c1sc1ccccc12. The molecule has 0 saturated carbocycles. The molecule has 2 aliphatic rings. The summed E-state index contributed by atoms with van der Waals surface area (Å²) in [6.07, 6.45) is 3.39. The highest BCUT2D eigenvalue weighted by Crippen LogP contribution is 2.31. The second-order valence-electron chi connectivity index (χ2n) is 9.21. The second kappa shape index (κ2) is 9.56. The van der Waals surface area contributed by atoms with E-state index in [0.29, 0.717) is 35.6 Å². The Morgan fingerprint density at radius 2 is 1.86 bits per heavy atom. The molecule has 0 atom stereocenters. The number of nitrogens with zero attached hydrogens (tertiary/aromatic N) is 4. The lowest BCUT2D eigenvalue weighted by Crippen LogP contribution is -2.37. The smallest absolute Gasteiger partial charge is 0.258 e. The molecule has 8 nitrogen and oxygen atoms in total. The Kier molecular flexibility index (Phi) is 6.13. The Morgan fingerprint density at radius 1 is 1.06 bits per heavy atom. The number of benzene rings is 1. The summed E-state index contributed by atoms with van der Waals surface area (Å²) in [5.74, 6) is 0.517. The zero-order chi connectivity index (χ0) is 23.8. The molecular weight excluding hydrogens is 462 g/mol. The number of likely N-dealkylation sites (tertiary alicyclic amines) is 1. The number of hydrogen-bond acceptors (Lipinski definition) is 7. The van der Waals surface area contributed by atoms with E-state index in [1.54, 1.807) is 0 Å². The summed E-state index contributed by atoms with van der Waals surface area (Å²) in [6.45, 7) is 6.66. The molecule has 0 spiro atoms. The molecule has 9 heteroatoms. The average molecular weight is 492 g/mol. The van der Waals surface area contributed by atoms with Gasteiger partial charge in [-0.1, -0.05) is 12.1 Å². The van der Waals surface area contributed by atoms with Crippen molar-refractivity contribution in [2.45, 2.75) is 19.3 Å². The van der Waals surface area contributed by atoms with Crippen molar-refractivity contribution in [3.8, 4) is 0 Å². The van der Waals surface area contributed by atoms with Crippen LogP contribution in [0.3, 0.4) is 0 Å². The van der Waals surface area contributed by atoms with Crippen molar-refractivity contribution in [1.29, 1.82) is 0 Å². The van der Waals surface area contributed by atoms with Crippen LogP contribution in [0.1, 0.15) is 29.6 Å². The summed E-state index contributed by atoms with van der Waals surface area (Å²) < 4.78 is 8.49. The van der Waals surface area contributed by atoms with E-state index in [1.165, 1.54) is 24.2 Å². The van der Waals surface area contributed by atoms with Gasteiger partial charge in [-0.05, 0) is 63.2 Å². The first kappa shape index (κ1) is 22.5. The predicted octanol–water partition coefficient (Wildman–Crippen LogP) is 3.11. The number of fused-ring (bicyclic) bond motifs is 5. The third-order valence-corrected chi connectivity index (χ3v) is 8.12. The molecule has 35 heavy (non-hydrogen) atoms. The number of hydrogen-bond donors (Lipinski definition) is 1. The predicted molar refractivity (Wildman–Crippen MR) is 140 cm³/mol. The summed E-state index contributed by atoms with van der Waals surface area (Å²) in [5.41, 5.74) is 1.50. The molecule has 2 fully saturated rings. The van der Waals surface area contributed by atoms with Gasteiger partial charge in [-0.3, -0.25) is 14.0 Å². The Morgan fingerprint density at radius 3 is 2.69 bits per heavy atom. The topological polar surface area (TPSA) is 79.2 Å². The van der Waals surface area contributed by atoms with E-state index in [2.05, 4.69) is 15.1 Å². The van der Waals surface area contributed by atoms with Crippen LogP contribution in [-0.2, 0) is 4.74 Å². The molecule has 0 unspecified atom stereocenters. The third kappa shape index (κ3) is 4.17. The second-order valence-corrected chi connectivity index (χ2v) is 10.2. The van der Waals surface area contributed by atoms with Crippen LogP contribution in [0.5, 0.6) is 0 Å². The first-order valence-corrected chi connectivity index (χ1v) is 13.2. The van der Waals surface area contributed by atoms with Crippen LogP contribution in [-0.4, -0.2) is 72.7 Å². The average Bonchev–Trinajstić information content (AvgIpc) is 3.55. The maximum atomic E-state index is 13.6. The highest BCUT2D eigenvalue weighted by atomic mass is 32.1. The van der Waals surface area contributed by atoms with Gasteiger partial charge in [0.05, 0.1) is 28.8 Å². The van der Waals surface area contributed by atoms with Crippen LogP contribution in [0.4, 0.5) is 5.82 Å². The lowest BCUT2D eigenvalue weighted by Gasteiger charge is -2.27. The number of rotatable bonds is 6. The standard InChI is InChI=1S/C26H29N5O3S/c32-23-18-8-9-21(30-14-16-34-17-15-30)28-24(18)31-19-6-1-2-7-20(19)35-26(31)22(23)25(33)27-10-5-13-29-11-3-4-12-29/h1-2,6-9H,3-5,10-17H2,(H,27,33). The summed E-state index contributed by atoms with van der Waals surface area (Å²) in [4.78, 5) is 37.2. The van der Waals surface area contributed by atoms with E-state index in [1.807, 2.05) is 40.8 Å². The lowest BCUT2D eigenvalue weighted by molar-refractivity contribution is 0.0952. The maximum absolute atomic E-state index is 13.6. The Bertz CT molecular complexity index is 1450. The molecule has 2 saturated heterocycles. The fourth-order valence-corrected chi connectivity index (χ4v) is 6.33. The van der Waals surface area contributed by atoms with E-state index in [4.69, 9.17) is 9.72 Å². The van der Waals surface area contributed by atoms with Gasteiger partial charge in [0.15, 0.2) is 5.65 Å². The van der Waals surface area contributed by atoms with Crippen molar-refractivity contribution in [1.82, 2.24) is 19.6 Å². The number of carbonyl (C=O) groups excluding carboxylic acids is 1. The molecule has 1 aromatic carbocycles. The summed E-state index contributed by atoms with van der Waals surface area (Å²) in [7, 11) is 0. The Hall–Kier alpha value is -3.01. The van der Waals surface area contributed by atoms with Gasteiger partial charge in [0.25, 0.3) is 5.91 Å². The molecule has 0 aliphatic carbocycles. The number of thiazole rings is 1. The van der Waals surface area contributed by atoms with Gasteiger partial charge in [0, 0.05) is 19.6 Å². The highest BCUT2D eigenvalue weighted by molar-refractivity contribution is 7.24. The minimum absolute atomic E-state index is 0.209. The van der Waals surface area contributed by atoms with Crippen LogP contribution in [0.25, 0.3) is 26.1 Å². The minimum Gasteiger partial charge on any atom is -0.378 e. The molecule has 4 aromatic rings. The van der Waals surface area contributed by atoms with Crippen molar-refractivity contribution in [2.75, 3.05) is 57.4 Å². The molecule has 6 rings (SSSR count). The maximum Gasteiger partial charge on any atom is 0.258 e. The first-order chi connectivity index (χ1) is 17.2. The summed E-state index contributed by atoms with van der Waals surface area (Å²) in [6, 6.07) is 11.7. The van der Waals surface area contributed by atoms with Crippen LogP contribution < -0.4 is 15.6 Å². The number of amides is 1. The number of carbonyl (C=O) groups is 1. The molecular formula is C26H29N5O3S. The van der Waals surface area contributed by atoms with Crippen molar-refractivity contribution in [3.05, 3.63) is 52.2 Å². The third-order valence-electron chi connectivity index (χ3n) is 6.97. The van der Waals surface area contributed by atoms with Crippen LogP contribution in [0.15, 0.2) is 41.2 Å². The minimum atomic E-state index is -0.306. The number of anilines is 1. The zero-order valence-corrected chi connectivity index (χ0v) is 20.5. The fourth-order valence-electron chi connectivity index (χ4n) is 5.15. The lowest BCUT2D eigenvalue weighted by atomic mass is 10.1. The zero-order valence-electron chi connectivity index (χ0n) is 19.7. The van der Waals surface area contributed by atoms with Gasteiger partial charge in [-0.25, -0.2) is 4.98 Å². The van der Waals surface area contributed by atoms with E-state index >= 15 is 0 Å². The van der Waals surface area contributed by atoms with Gasteiger partial charge < -0.3 is 19.9 Å². The van der Waals surface area contributed by atoms with Crippen molar-refractivity contribution in [2.24, 2.45) is 0 Å². The van der Waals surface area contributed by atoms with Gasteiger partial charge in [-0.2, -0.15) is 0 Å². The Balaban J connectivity index is 1.41. The summed E-state index contributed by atoms with van der Waals surface area (Å²) in [5, 5.41) is 3.48. The largest absolute Gasteiger partial charge is 0.378 e. The monoisotopic (exact) mass is 491 g/mol. The van der Waals surface area contributed by atoms with E-state index < -0.39 is 0 Å². The van der Waals surface area contributed by atoms with Crippen molar-refractivity contribution < 1.29 is 9.53 Å². The van der Waals surface area contributed by atoms with Gasteiger partial charge in [0.2, 0.25) is 5.43 Å². The number of pyridine rings is 2. The number of ether oxygens (including phenoxy) is 1. The summed E-state index contributed by atoms with van der Waals surface area (Å²) >= 11 is 1.47. The van der Waals surface area contributed by atoms with E-state index in [-0.39, 0.29) is 16.9 Å². The van der Waals surface area contributed by atoms with Crippen LogP contribution in [0.2, 0.25) is 0 Å². The van der Waals surface area contributed by atoms with Crippen molar-refractivity contribution in [3.63, 3.8) is 0 Å². The van der Waals surface area contributed by atoms with Gasteiger partial charge >= 0.3 is 0 Å². The van der Waals surface area contributed by atoms with E-state index in [9.17, 15) is 9.59 Å². The molecule has 0 bridgehead atoms. The molecule has 2 aliphatic heterocycles. The first-order valence-electron chi connectivity index (χ1n) is 12.4. The molecule has 3 aromatic heterocycles. The van der Waals surface area contributed by atoms with E-state index in [0.717, 1.165) is 55.2 Å². The quantitative estimate of drug-likeness (QED) is 0.418. The molecule has 5 heterocycles.